The quantitative estimate of drug-likeness (QED) is 0.634. The van der Waals surface area contributed by atoms with Crippen molar-refractivity contribution in [2.24, 2.45) is 5.92 Å². The summed E-state index contributed by atoms with van der Waals surface area (Å²) in [6, 6.07) is 6.31. The molecule has 1 aliphatic carbocycles. The van der Waals surface area contributed by atoms with Crippen LogP contribution < -0.4 is 0 Å². The molecule has 1 aromatic rings. The largest absolute Gasteiger partial charge is 0.335 e. The van der Waals surface area contributed by atoms with Crippen LogP contribution in [0.25, 0.3) is 0 Å². The lowest BCUT2D eigenvalue weighted by molar-refractivity contribution is 0.0661. The Morgan fingerprint density at radius 1 is 0.952 bits per heavy atom. The van der Waals surface area contributed by atoms with Crippen molar-refractivity contribution in [3.05, 3.63) is 32.7 Å². The van der Waals surface area contributed by atoms with E-state index in [-0.39, 0.29) is 5.91 Å². The van der Waals surface area contributed by atoms with Crippen molar-refractivity contribution in [2.45, 2.75) is 51.0 Å². The number of likely N-dealkylation sites (tertiary alicyclic amines) is 1. The van der Waals surface area contributed by atoms with Crippen LogP contribution in [0, 0.1) is 5.92 Å². The number of benzene rings is 1. The van der Waals surface area contributed by atoms with Crippen LogP contribution in [-0.4, -0.2) is 23.4 Å². The van der Waals surface area contributed by atoms with Crippen LogP contribution in [-0.2, 0) is 0 Å². The van der Waals surface area contributed by atoms with Crippen molar-refractivity contribution in [1.82, 2.24) is 4.90 Å². The van der Waals surface area contributed by atoms with Crippen molar-refractivity contribution in [3.8, 4) is 0 Å². The van der Waals surface area contributed by atoms with Crippen LogP contribution in [0.15, 0.2) is 27.1 Å². The average molecular weight is 415 g/mol. The standard InChI is InChI=1S/C17H21Br2NO/c18-14-9-13(10-15(19)11-14)17(21)20-8-4-7-16(20)12-5-2-1-3-6-12/h9-12,16H,1-8H2. The molecule has 21 heavy (non-hydrogen) atoms. The van der Waals surface area contributed by atoms with Crippen LogP contribution in [0.3, 0.4) is 0 Å². The third-order valence-corrected chi connectivity index (χ3v) is 5.78. The molecule has 114 valence electrons. The summed E-state index contributed by atoms with van der Waals surface area (Å²) in [5.74, 6) is 0.922. The fraction of sp³-hybridized carbons (Fsp3) is 0.588. The average Bonchev–Trinajstić information content (AvgIpc) is 2.95. The van der Waals surface area contributed by atoms with Gasteiger partial charge in [0.15, 0.2) is 0 Å². The predicted molar refractivity (Wildman–Crippen MR) is 92.5 cm³/mol. The molecule has 1 unspecified atom stereocenters. The third kappa shape index (κ3) is 3.53. The first-order valence-electron chi connectivity index (χ1n) is 7.92. The van der Waals surface area contributed by atoms with Gasteiger partial charge in [-0.2, -0.15) is 0 Å². The Labute approximate surface area is 143 Å². The van der Waals surface area contributed by atoms with E-state index in [1.807, 2.05) is 18.2 Å². The van der Waals surface area contributed by atoms with Gasteiger partial charge in [-0.05, 0) is 49.8 Å². The fourth-order valence-electron chi connectivity index (χ4n) is 3.90. The second-order valence-corrected chi connectivity index (χ2v) is 8.10. The van der Waals surface area contributed by atoms with Crippen molar-refractivity contribution in [3.63, 3.8) is 0 Å². The molecule has 2 fully saturated rings. The zero-order valence-electron chi connectivity index (χ0n) is 12.2. The van der Waals surface area contributed by atoms with Crippen LogP contribution in [0.5, 0.6) is 0 Å². The summed E-state index contributed by atoms with van der Waals surface area (Å²) >= 11 is 6.96. The van der Waals surface area contributed by atoms with Crippen LogP contribution in [0.4, 0.5) is 0 Å². The number of rotatable bonds is 2. The molecule has 4 heteroatoms. The highest BCUT2D eigenvalue weighted by Gasteiger charge is 2.35. The van der Waals surface area contributed by atoms with E-state index >= 15 is 0 Å². The molecule has 2 aliphatic rings. The second kappa shape index (κ2) is 6.82. The lowest BCUT2D eigenvalue weighted by atomic mass is 9.83. The minimum absolute atomic E-state index is 0.199. The Hall–Kier alpha value is -0.350. The number of hydrogen-bond donors (Lipinski definition) is 0. The van der Waals surface area contributed by atoms with Gasteiger partial charge in [-0.3, -0.25) is 4.79 Å². The Kier molecular flexibility index (Phi) is 5.05. The van der Waals surface area contributed by atoms with Gasteiger partial charge in [0.1, 0.15) is 0 Å². The number of nitrogens with zero attached hydrogens (tertiary/aromatic N) is 1. The molecule has 1 saturated carbocycles. The molecule has 0 radical (unpaired) electrons. The predicted octanol–water partition coefficient (Wildman–Crippen LogP) is 5.40. The van der Waals surface area contributed by atoms with E-state index in [1.54, 1.807) is 0 Å². The highest BCUT2D eigenvalue weighted by molar-refractivity contribution is 9.11. The first kappa shape index (κ1) is 15.5. The van der Waals surface area contributed by atoms with Gasteiger partial charge in [-0.15, -0.1) is 0 Å². The maximum absolute atomic E-state index is 12.9. The highest BCUT2D eigenvalue weighted by Crippen LogP contribution is 2.35. The molecule has 1 amide bonds. The summed E-state index contributed by atoms with van der Waals surface area (Å²) in [5.41, 5.74) is 0.791. The van der Waals surface area contributed by atoms with Crippen LogP contribution >= 0.6 is 31.9 Å². The molecular formula is C17H21Br2NO. The van der Waals surface area contributed by atoms with Crippen molar-refractivity contribution in [2.75, 3.05) is 6.54 Å². The monoisotopic (exact) mass is 413 g/mol. The molecule has 1 saturated heterocycles. The molecular weight excluding hydrogens is 394 g/mol. The van der Waals surface area contributed by atoms with Crippen LogP contribution in [0.2, 0.25) is 0 Å². The molecule has 1 heterocycles. The van der Waals surface area contributed by atoms with E-state index in [9.17, 15) is 4.79 Å². The highest BCUT2D eigenvalue weighted by atomic mass is 79.9. The topological polar surface area (TPSA) is 20.3 Å². The third-order valence-electron chi connectivity index (χ3n) is 4.86. The van der Waals surface area contributed by atoms with Crippen LogP contribution in [0.1, 0.15) is 55.3 Å². The molecule has 1 atom stereocenters. The van der Waals surface area contributed by atoms with Gasteiger partial charge in [0.2, 0.25) is 0 Å². The lowest BCUT2D eigenvalue weighted by Crippen LogP contribution is -2.40. The van der Waals surface area contributed by atoms with Gasteiger partial charge >= 0.3 is 0 Å². The Balaban J connectivity index is 1.79. The van der Waals surface area contributed by atoms with Gasteiger partial charge in [-0.1, -0.05) is 51.1 Å². The molecule has 2 nitrogen and oxygen atoms in total. The summed E-state index contributed by atoms with van der Waals surface area (Å²) in [6.07, 6.45) is 8.99. The first-order valence-corrected chi connectivity index (χ1v) is 9.51. The minimum atomic E-state index is 0.199. The Morgan fingerprint density at radius 3 is 2.29 bits per heavy atom. The van der Waals surface area contributed by atoms with Gasteiger partial charge in [0, 0.05) is 27.1 Å². The Morgan fingerprint density at radius 2 is 1.62 bits per heavy atom. The van der Waals surface area contributed by atoms with E-state index in [4.69, 9.17) is 0 Å². The first-order chi connectivity index (χ1) is 10.1. The van der Waals surface area contributed by atoms with E-state index in [2.05, 4.69) is 36.8 Å². The number of amides is 1. The summed E-state index contributed by atoms with van der Waals surface area (Å²) in [4.78, 5) is 15.0. The molecule has 3 rings (SSSR count). The molecule has 0 N–H and O–H groups in total. The maximum atomic E-state index is 12.9. The zero-order chi connectivity index (χ0) is 14.8. The number of hydrogen-bond acceptors (Lipinski definition) is 1. The van der Waals surface area contributed by atoms with Crippen molar-refractivity contribution >= 4 is 37.8 Å². The molecule has 1 aromatic carbocycles. The van der Waals surface area contributed by atoms with Gasteiger partial charge in [0.05, 0.1) is 0 Å². The summed E-state index contributed by atoms with van der Waals surface area (Å²) in [7, 11) is 0. The van der Waals surface area contributed by atoms with E-state index in [0.717, 1.165) is 33.4 Å². The number of carbonyl (C=O) groups excluding carboxylic acids is 1. The minimum Gasteiger partial charge on any atom is -0.335 e. The zero-order valence-corrected chi connectivity index (χ0v) is 15.3. The second-order valence-electron chi connectivity index (χ2n) is 6.26. The van der Waals surface area contributed by atoms with E-state index < -0.39 is 0 Å². The molecule has 0 aromatic heterocycles. The van der Waals surface area contributed by atoms with Crippen molar-refractivity contribution < 1.29 is 4.79 Å². The SMILES string of the molecule is O=C(c1cc(Br)cc(Br)c1)N1CCCC1C1CCCCC1. The van der Waals surface area contributed by atoms with Gasteiger partial charge in [0.25, 0.3) is 5.91 Å². The fourth-order valence-corrected chi connectivity index (χ4v) is 5.19. The summed E-state index contributed by atoms with van der Waals surface area (Å²) in [5, 5.41) is 0. The summed E-state index contributed by atoms with van der Waals surface area (Å²) in [6.45, 7) is 0.921. The molecule has 0 bridgehead atoms. The normalized spacial score (nSPS) is 23.5. The lowest BCUT2D eigenvalue weighted by Gasteiger charge is -2.34. The van der Waals surface area contributed by atoms with Crippen molar-refractivity contribution in [1.29, 1.82) is 0 Å². The van der Waals surface area contributed by atoms with E-state index in [0.29, 0.717) is 6.04 Å². The molecule has 1 aliphatic heterocycles. The smallest absolute Gasteiger partial charge is 0.254 e. The number of halogens is 2. The van der Waals surface area contributed by atoms with Gasteiger partial charge < -0.3 is 4.90 Å². The molecule has 0 spiro atoms. The van der Waals surface area contributed by atoms with Gasteiger partial charge in [-0.25, -0.2) is 0 Å². The Bertz CT molecular complexity index is 505. The number of carbonyl (C=O) groups is 1. The summed E-state index contributed by atoms with van der Waals surface area (Å²) < 4.78 is 1.90. The maximum Gasteiger partial charge on any atom is 0.254 e. The van der Waals surface area contributed by atoms with E-state index in [1.165, 1.54) is 38.5 Å².